The van der Waals surface area contributed by atoms with Gasteiger partial charge in [-0.2, -0.15) is 0 Å². The summed E-state index contributed by atoms with van der Waals surface area (Å²) in [6.45, 7) is 5.42. The van der Waals surface area contributed by atoms with Crippen molar-refractivity contribution in [2.24, 2.45) is 5.92 Å². The lowest BCUT2D eigenvalue weighted by Gasteiger charge is -2.33. The average Bonchev–Trinajstić information content (AvgIpc) is 2.41. The fourth-order valence-corrected chi connectivity index (χ4v) is 2.99. The minimum Gasteiger partial charge on any atom is -0.633 e. The molecule has 0 heterocycles. The van der Waals surface area contributed by atoms with Crippen molar-refractivity contribution >= 4 is 0 Å². The Hall–Kier alpha value is -0.0800. The number of hydroxylamine groups is 3. The van der Waals surface area contributed by atoms with Crippen LogP contribution < -0.4 is 0 Å². The van der Waals surface area contributed by atoms with Crippen LogP contribution in [0.15, 0.2) is 0 Å². The maximum atomic E-state index is 11.4. The lowest BCUT2D eigenvalue weighted by molar-refractivity contribution is -0.840. The SMILES string of the molecule is CC(C)CCCCCCCCCCCCCCC[N+](C)(C)[O-]. The zero-order valence-electron chi connectivity index (χ0n) is 16.0. The summed E-state index contributed by atoms with van der Waals surface area (Å²) in [5, 5.41) is 11.4. The van der Waals surface area contributed by atoms with Crippen molar-refractivity contribution in [2.75, 3.05) is 20.6 Å². The van der Waals surface area contributed by atoms with Crippen molar-refractivity contribution in [1.82, 2.24) is 0 Å². The molecular formula is C20H43NO. The maximum Gasteiger partial charge on any atom is 0.0779 e. The zero-order valence-corrected chi connectivity index (χ0v) is 16.0. The summed E-state index contributed by atoms with van der Waals surface area (Å²) in [5.74, 6) is 0.880. The predicted molar refractivity (Wildman–Crippen MR) is 99.8 cm³/mol. The van der Waals surface area contributed by atoms with E-state index in [1.807, 2.05) is 0 Å². The number of rotatable bonds is 16. The molecule has 0 radical (unpaired) electrons. The molecule has 0 saturated carbocycles. The first-order valence-electron chi connectivity index (χ1n) is 9.96. The summed E-state index contributed by atoms with van der Waals surface area (Å²) in [6.07, 6.45) is 19.3. The first-order valence-corrected chi connectivity index (χ1v) is 9.96. The molecule has 2 heteroatoms. The van der Waals surface area contributed by atoms with E-state index in [-0.39, 0.29) is 4.65 Å². The Morgan fingerprint density at radius 3 is 1.23 bits per heavy atom. The maximum absolute atomic E-state index is 11.4. The van der Waals surface area contributed by atoms with E-state index < -0.39 is 0 Å². The highest BCUT2D eigenvalue weighted by Gasteiger charge is 2.00. The lowest BCUT2D eigenvalue weighted by atomic mass is 10.0. The van der Waals surface area contributed by atoms with Gasteiger partial charge in [0.15, 0.2) is 0 Å². The Morgan fingerprint density at radius 2 is 0.909 bits per heavy atom. The van der Waals surface area contributed by atoms with Crippen LogP contribution in [0, 0.1) is 11.1 Å². The summed E-state index contributed by atoms with van der Waals surface area (Å²) in [6, 6.07) is 0. The molecule has 0 aromatic carbocycles. The van der Waals surface area contributed by atoms with Crippen LogP contribution in [-0.4, -0.2) is 25.3 Å². The van der Waals surface area contributed by atoms with Gasteiger partial charge < -0.3 is 9.85 Å². The molecule has 0 aliphatic heterocycles. The summed E-state index contributed by atoms with van der Waals surface area (Å²) in [7, 11) is 3.48. The molecule has 134 valence electrons. The number of unbranched alkanes of at least 4 members (excludes halogenated alkanes) is 12. The standard InChI is InChI=1S/C20H43NO/c1-20(2)18-16-14-12-10-8-6-5-7-9-11-13-15-17-19-21(3,4)22/h20H,5-19H2,1-4H3. The van der Waals surface area contributed by atoms with Gasteiger partial charge in [-0.15, -0.1) is 0 Å². The van der Waals surface area contributed by atoms with Crippen LogP contribution in [0.4, 0.5) is 0 Å². The van der Waals surface area contributed by atoms with Crippen molar-refractivity contribution in [1.29, 1.82) is 0 Å². The Labute approximate surface area is 140 Å². The normalized spacial score (nSPS) is 12.3. The third-order valence-electron chi connectivity index (χ3n) is 4.48. The number of hydrogen-bond donors (Lipinski definition) is 0. The smallest absolute Gasteiger partial charge is 0.0779 e. The molecule has 0 aliphatic rings. The lowest BCUT2D eigenvalue weighted by Crippen LogP contribution is -2.32. The number of quaternary nitrogens is 1. The molecule has 0 aromatic heterocycles. The second kappa shape index (κ2) is 14.5. The van der Waals surface area contributed by atoms with Crippen LogP contribution in [-0.2, 0) is 0 Å². The van der Waals surface area contributed by atoms with Gasteiger partial charge >= 0.3 is 0 Å². The monoisotopic (exact) mass is 313 g/mol. The van der Waals surface area contributed by atoms with Crippen LogP contribution in [0.1, 0.15) is 104 Å². The van der Waals surface area contributed by atoms with Crippen molar-refractivity contribution in [3.8, 4) is 0 Å². The van der Waals surface area contributed by atoms with E-state index in [0.717, 1.165) is 18.9 Å². The van der Waals surface area contributed by atoms with Gasteiger partial charge in [-0.25, -0.2) is 0 Å². The van der Waals surface area contributed by atoms with Crippen LogP contribution in [0.25, 0.3) is 0 Å². The van der Waals surface area contributed by atoms with E-state index in [4.69, 9.17) is 0 Å². The van der Waals surface area contributed by atoms with Crippen molar-refractivity contribution in [2.45, 2.75) is 104 Å². The highest BCUT2D eigenvalue weighted by molar-refractivity contribution is 4.51. The van der Waals surface area contributed by atoms with Gasteiger partial charge in [-0.05, 0) is 18.8 Å². The molecule has 0 rings (SSSR count). The van der Waals surface area contributed by atoms with Gasteiger partial charge in [0.25, 0.3) is 0 Å². The molecule has 0 spiro atoms. The van der Waals surface area contributed by atoms with E-state index >= 15 is 0 Å². The average molecular weight is 314 g/mol. The van der Waals surface area contributed by atoms with Gasteiger partial charge in [-0.3, -0.25) is 0 Å². The van der Waals surface area contributed by atoms with Crippen molar-refractivity contribution < 1.29 is 4.65 Å². The van der Waals surface area contributed by atoms with E-state index in [1.54, 1.807) is 14.1 Å². The van der Waals surface area contributed by atoms with Crippen molar-refractivity contribution in [3.05, 3.63) is 5.21 Å². The van der Waals surface area contributed by atoms with Crippen LogP contribution >= 0.6 is 0 Å². The Morgan fingerprint density at radius 1 is 0.591 bits per heavy atom. The molecule has 0 amide bonds. The summed E-state index contributed by atoms with van der Waals surface area (Å²) >= 11 is 0. The third-order valence-corrected chi connectivity index (χ3v) is 4.48. The van der Waals surface area contributed by atoms with E-state index in [9.17, 15) is 5.21 Å². The fraction of sp³-hybridized carbons (Fsp3) is 1.00. The number of hydrogen-bond acceptors (Lipinski definition) is 1. The molecule has 2 nitrogen and oxygen atoms in total. The highest BCUT2D eigenvalue weighted by atomic mass is 16.5. The van der Waals surface area contributed by atoms with E-state index in [0.29, 0.717) is 0 Å². The molecule has 0 bridgehead atoms. The molecule has 0 unspecified atom stereocenters. The molecule has 0 atom stereocenters. The Bertz CT molecular complexity index is 220. The second-order valence-electron chi connectivity index (χ2n) is 8.08. The molecule has 0 fully saturated rings. The van der Waals surface area contributed by atoms with E-state index in [2.05, 4.69) is 13.8 Å². The molecule has 0 N–H and O–H groups in total. The molecular weight excluding hydrogens is 270 g/mol. The summed E-state index contributed by atoms with van der Waals surface area (Å²) in [5.41, 5.74) is 0. The van der Waals surface area contributed by atoms with Gasteiger partial charge in [0.05, 0.1) is 20.6 Å². The minimum absolute atomic E-state index is 0.128. The van der Waals surface area contributed by atoms with Gasteiger partial charge in [-0.1, -0.05) is 90.9 Å². The van der Waals surface area contributed by atoms with Crippen LogP contribution in [0.3, 0.4) is 0 Å². The number of nitrogens with zero attached hydrogens (tertiary/aromatic N) is 1. The molecule has 0 saturated heterocycles. The first kappa shape index (κ1) is 21.9. The van der Waals surface area contributed by atoms with Crippen LogP contribution in [0.2, 0.25) is 0 Å². The van der Waals surface area contributed by atoms with Crippen LogP contribution in [0.5, 0.6) is 0 Å². The topological polar surface area (TPSA) is 23.1 Å². The molecule has 22 heavy (non-hydrogen) atoms. The zero-order chi connectivity index (χ0) is 16.7. The summed E-state index contributed by atoms with van der Waals surface area (Å²) in [4.78, 5) is 0. The summed E-state index contributed by atoms with van der Waals surface area (Å²) < 4.78 is -0.128. The van der Waals surface area contributed by atoms with Crippen molar-refractivity contribution in [3.63, 3.8) is 0 Å². The van der Waals surface area contributed by atoms with E-state index in [1.165, 1.54) is 83.5 Å². The quantitative estimate of drug-likeness (QED) is 0.177. The van der Waals surface area contributed by atoms with Gasteiger partial charge in [0, 0.05) is 0 Å². The third kappa shape index (κ3) is 19.9. The second-order valence-corrected chi connectivity index (χ2v) is 8.08. The fourth-order valence-electron chi connectivity index (χ4n) is 2.99. The largest absolute Gasteiger partial charge is 0.633 e. The Kier molecular flexibility index (Phi) is 14.5. The predicted octanol–water partition coefficient (Wildman–Crippen LogP) is 6.68. The minimum atomic E-state index is -0.128. The highest BCUT2D eigenvalue weighted by Crippen LogP contribution is 2.14. The molecule has 0 aromatic rings. The Balaban J connectivity index is 3.03. The molecule has 0 aliphatic carbocycles. The van der Waals surface area contributed by atoms with Gasteiger partial charge in [0.1, 0.15) is 0 Å². The first-order chi connectivity index (χ1) is 10.4. The van der Waals surface area contributed by atoms with Gasteiger partial charge in [0.2, 0.25) is 0 Å².